The maximum absolute atomic E-state index is 12.5. The first-order valence-corrected chi connectivity index (χ1v) is 7.86. The van der Waals surface area contributed by atoms with Crippen LogP contribution in [0.2, 0.25) is 0 Å². The van der Waals surface area contributed by atoms with Crippen LogP contribution in [0, 0.1) is 0 Å². The molecule has 0 aliphatic rings. The van der Waals surface area contributed by atoms with Gasteiger partial charge in [-0.25, -0.2) is 9.20 Å². The van der Waals surface area contributed by atoms with Crippen LogP contribution in [-0.2, 0) is 17.9 Å². The van der Waals surface area contributed by atoms with E-state index in [2.05, 4.69) is 20.5 Å². The van der Waals surface area contributed by atoms with E-state index in [1.54, 1.807) is 36.7 Å². The smallest absolute Gasteiger partial charge is 0.293 e. The first-order chi connectivity index (χ1) is 12.7. The lowest BCUT2D eigenvalue weighted by atomic mass is 10.3. The highest BCUT2D eigenvalue weighted by molar-refractivity contribution is 5.75. The third kappa shape index (κ3) is 3.09. The molecule has 0 bridgehead atoms. The predicted molar refractivity (Wildman–Crippen MR) is 91.0 cm³/mol. The number of aromatic nitrogens is 5. The predicted octanol–water partition coefficient (Wildman–Crippen LogP) is 0.862. The molecule has 0 fully saturated rings. The molecule has 0 spiro atoms. The number of carbonyl (C=O) groups excluding carboxylic acids is 1. The summed E-state index contributed by atoms with van der Waals surface area (Å²) in [7, 11) is 0. The Morgan fingerprint density at radius 2 is 2.19 bits per heavy atom. The standard InChI is InChI=1S/C17H14N6O3/c24-16(19-9-12-3-1-5-18-8-12)10-22-17(25)14-7-13(15-4-2-6-26-15)21-23(14)11-20-22/h1-8,11H,9-10H2,(H,19,24). The number of pyridine rings is 1. The van der Waals surface area contributed by atoms with Crippen LogP contribution in [-0.4, -0.2) is 30.3 Å². The lowest BCUT2D eigenvalue weighted by Gasteiger charge is -2.06. The fourth-order valence-corrected chi connectivity index (χ4v) is 2.49. The Morgan fingerprint density at radius 1 is 1.27 bits per heavy atom. The Morgan fingerprint density at radius 3 is 2.96 bits per heavy atom. The van der Waals surface area contributed by atoms with Crippen LogP contribution in [0.4, 0.5) is 0 Å². The molecule has 4 aromatic heterocycles. The number of rotatable bonds is 5. The van der Waals surface area contributed by atoms with Gasteiger partial charge in [0.1, 0.15) is 24.1 Å². The Hall–Kier alpha value is -3.75. The van der Waals surface area contributed by atoms with Crippen molar-refractivity contribution in [1.82, 2.24) is 29.7 Å². The van der Waals surface area contributed by atoms with E-state index in [4.69, 9.17) is 4.42 Å². The van der Waals surface area contributed by atoms with Gasteiger partial charge < -0.3 is 9.73 Å². The van der Waals surface area contributed by atoms with E-state index in [0.717, 1.165) is 10.2 Å². The first kappa shape index (κ1) is 15.8. The quantitative estimate of drug-likeness (QED) is 0.572. The molecular formula is C17H14N6O3. The summed E-state index contributed by atoms with van der Waals surface area (Å²) in [6, 6.07) is 8.74. The Labute approximate surface area is 146 Å². The maximum Gasteiger partial charge on any atom is 0.293 e. The number of nitrogens with one attached hydrogen (secondary N) is 1. The number of fused-ring (bicyclic) bond motifs is 1. The summed E-state index contributed by atoms with van der Waals surface area (Å²) in [5, 5.41) is 11.0. The van der Waals surface area contributed by atoms with Gasteiger partial charge in [0.15, 0.2) is 5.76 Å². The molecule has 4 rings (SSSR count). The third-order valence-electron chi connectivity index (χ3n) is 3.77. The maximum atomic E-state index is 12.5. The van der Waals surface area contributed by atoms with Crippen molar-refractivity contribution in [2.75, 3.05) is 0 Å². The molecule has 0 saturated heterocycles. The van der Waals surface area contributed by atoms with Crippen LogP contribution in [0.25, 0.3) is 17.0 Å². The van der Waals surface area contributed by atoms with Crippen LogP contribution >= 0.6 is 0 Å². The molecule has 4 aromatic rings. The molecule has 0 atom stereocenters. The zero-order valence-electron chi connectivity index (χ0n) is 13.6. The topological polar surface area (TPSA) is 107 Å². The van der Waals surface area contributed by atoms with Crippen molar-refractivity contribution in [1.29, 1.82) is 0 Å². The molecule has 1 N–H and O–H groups in total. The van der Waals surface area contributed by atoms with Gasteiger partial charge in [0.05, 0.1) is 6.26 Å². The highest BCUT2D eigenvalue weighted by Gasteiger charge is 2.13. The number of amides is 1. The molecule has 0 aliphatic heterocycles. The van der Waals surface area contributed by atoms with Crippen molar-refractivity contribution in [3.8, 4) is 11.5 Å². The average molecular weight is 350 g/mol. The van der Waals surface area contributed by atoms with Gasteiger partial charge in [-0.15, -0.1) is 0 Å². The van der Waals surface area contributed by atoms with E-state index >= 15 is 0 Å². The molecule has 1 amide bonds. The van der Waals surface area contributed by atoms with Gasteiger partial charge in [0, 0.05) is 25.0 Å². The van der Waals surface area contributed by atoms with E-state index in [1.165, 1.54) is 17.1 Å². The second-order valence-corrected chi connectivity index (χ2v) is 5.57. The van der Waals surface area contributed by atoms with Crippen molar-refractivity contribution < 1.29 is 9.21 Å². The fraction of sp³-hybridized carbons (Fsp3) is 0.118. The highest BCUT2D eigenvalue weighted by atomic mass is 16.3. The van der Waals surface area contributed by atoms with Crippen LogP contribution in [0.15, 0.2) is 64.5 Å². The second-order valence-electron chi connectivity index (χ2n) is 5.57. The molecule has 0 saturated carbocycles. The van der Waals surface area contributed by atoms with Crippen molar-refractivity contribution in [3.05, 3.63) is 71.2 Å². The summed E-state index contributed by atoms with van der Waals surface area (Å²) >= 11 is 0. The number of hydrogen-bond acceptors (Lipinski definition) is 6. The van der Waals surface area contributed by atoms with Gasteiger partial charge in [0.2, 0.25) is 5.91 Å². The van der Waals surface area contributed by atoms with Gasteiger partial charge in [-0.05, 0) is 23.8 Å². The lowest BCUT2D eigenvalue weighted by Crippen LogP contribution is -2.34. The second kappa shape index (κ2) is 6.63. The molecule has 26 heavy (non-hydrogen) atoms. The average Bonchev–Trinajstić information content (AvgIpc) is 3.33. The molecule has 4 heterocycles. The van der Waals surface area contributed by atoms with Crippen LogP contribution < -0.4 is 10.9 Å². The monoisotopic (exact) mass is 350 g/mol. The Kier molecular flexibility index (Phi) is 4.02. The molecule has 0 aliphatic carbocycles. The SMILES string of the molecule is O=C(Cn1ncn2nc(-c3ccco3)cc2c1=O)NCc1cccnc1. The number of hydrogen-bond donors (Lipinski definition) is 1. The minimum Gasteiger partial charge on any atom is -0.463 e. The summed E-state index contributed by atoms with van der Waals surface area (Å²) in [6.07, 6.45) is 6.24. The summed E-state index contributed by atoms with van der Waals surface area (Å²) in [5.41, 5.74) is 1.30. The first-order valence-electron chi connectivity index (χ1n) is 7.86. The van der Waals surface area contributed by atoms with Crippen molar-refractivity contribution in [3.63, 3.8) is 0 Å². The normalized spacial score (nSPS) is 10.9. The summed E-state index contributed by atoms with van der Waals surface area (Å²) in [6.45, 7) is 0.149. The minimum absolute atomic E-state index is 0.184. The van der Waals surface area contributed by atoms with E-state index in [0.29, 0.717) is 23.5 Å². The van der Waals surface area contributed by atoms with Gasteiger partial charge in [-0.2, -0.15) is 10.2 Å². The van der Waals surface area contributed by atoms with Gasteiger partial charge in [-0.1, -0.05) is 6.07 Å². The zero-order chi connectivity index (χ0) is 17.9. The van der Waals surface area contributed by atoms with Crippen molar-refractivity contribution >= 4 is 11.4 Å². The van der Waals surface area contributed by atoms with Crippen LogP contribution in [0.1, 0.15) is 5.56 Å². The molecule has 0 aromatic carbocycles. The molecule has 9 nitrogen and oxygen atoms in total. The van der Waals surface area contributed by atoms with E-state index in [-0.39, 0.29) is 12.5 Å². The van der Waals surface area contributed by atoms with Crippen LogP contribution in [0.5, 0.6) is 0 Å². The Balaban J connectivity index is 1.52. The Bertz CT molecular complexity index is 1100. The summed E-state index contributed by atoms with van der Waals surface area (Å²) in [4.78, 5) is 28.6. The minimum atomic E-state index is -0.408. The fourth-order valence-electron chi connectivity index (χ4n) is 2.49. The van der Waals surface area contributed by atoms with E-state index < -0.39 is 5.56 Å². The van der Waals surface area contributed by atoms with Gasteiger partial charge >= 0.3 is 0 Å². The molecule has 0 unspecified atom stereocenters. The molecule has 9 heteroatoms. The zero-order valence-corrected chi connectivity index (χ0v) is 13.6. The molecule has 0 radical (unpaired) electrons. The van der Waals surface area contributed by atoms with Gasteiger partial charge in [-0.3, -0.25) is 14.6 Å². The van der Waals surface area contributed by atoms with Crippen LogP contribution in [0.3, 0.4) is 0 Å². The number of furan rings is 1. The third-order valence-corrected chi connectivity index (χ3v) is 3.77. The largest absolute Gasteiger partial charge is 0.463 e. The number of carbonyl (C=O) groups is 1. The van der Waals surface area contributed by atoms with E-state index in [1.807, 2.05) is 6.07 Å². The lowest BCUT2D eigenvalue weighted by molar-refractivity contribution is -0.122. The van der Waals surface area contributed by atoms with E-state index in [9.17, 15) is 9.59 Å². The summed E-state index contributed by atoms with van der Waals surface area (Å²) < 4.78 is 7.75. The highest BCUT2D eigenvalue weighted by Crippen LogP contribution is 2.18. The summed E-state index contributed by atoms with van der Waals surface area (Å²) in [5.74, 6) is 0.229. The number of nitrogens with zero attached hydrogens (tertiary/aromatic N) is 5. The molecular weight excluding hydrogens is 336 g/mol. The van der Waals surface area contributed by atoms with Crippen molar-refractivity contribution in [2.24, 2.45) is 0 Å². The molecule has 130 valence electrons. The van der Waals surface area contributed by atoms with Crippen molar-refractivity contribution in [2.45, 2.75) is 13.1 Å². The van der Waals surface area contributed by atoms with Gasteiger partial charge in [0.25, 0.3) is 5.56 Å².